The van der Waals surface area contributed by atoms with Gasteiger partial charge in [-0.25, -0.2) is 4.98 Å². The van der Waals surface area contributed by atoms with Gasteiger partial charge in [-0.05, 0) is 106 Å². The highest BCUT2D eigenvalue weighted by Crippen LogP contribution is 2.41. The molecule has 0 N–H and O–H groups in total. The van der Waals surface area contributed by atoms with Crippen LogP contribution in [0, 0.1) is 6.92 Å². The first-order valence-electron chi connectivity index (χ1n) is 18.0. The lowest BCUT2D eigenvalue weighted by molar-refractivity contribution is 0.620. The van der Waals surface area contributed by atoms with Crippen LogP contribution in [0.3, 0.4) is 0 Å². The average Bonchev–Trinajstić information content (AvgIpc) is 3.80. The van der Waals surface area contributed by atoms with Crippen LogP contribution in [-0.4, -0.2) is 9.55 Å². The molecule has 0 saturated carbocycles. The second kappa shape index (κ2) is 12.7. The summed E-state index contributed by atoms with van der Waals surface area (Å²) in [6.07, 6.45) is 0. The number of benzene rings is 8. The van der Waals surface area contributed by atoms with E-state index in [1.165, 1.54) is 55.2 Å². The molecule has 250 valence electrons. The Morgan fingerprint density at radius 1 is 0.415 bits per heavy atom. The lowest BCUT2D eigenvalue weighted by atomic mass is 9.89. The number of rotatable bonds is 6. The van der Waals surface area contributed by atoms with Gasteiger partial charge in [-0.1, -0.05) is 139 Å². The molecular formula is C50H34N2O. The zero-order valence-electron chi connectivity index (χ0n) is 29.2. The van der Waals surface area contributed by atoms with E-state index < -0.39 is 0 Å². The maximum atomic E-state index is 6.31. The fourth-order valence-electron chi connectivity index (χ4n) is 7.70. The summed E-state index contributed by atoms with van der Waals surface area (Å²) >= 11 is 0. The van der Waals surface area contributed by atoms with Crippen LogP contribution in [0.1, 0.15) is 5.56 Å². The smallest absolute Gasteiger partial charge is 0.227 e. The van der Waals surface area contributed by atoms with Crippen molar-refractivity contribution in [2.75, 3.05) is 0 Å². The molecule has 0 unspecified atom stereocenters. The average molecular weight is 679 g/mol. The van der Waals surface area contributed by atoms with E-state index in [-0.39, 0.29) is 0 Å². The first-order valence-corrected chi connectivity index (χ1v) is 18.0. The predicted octanol–water partition coefficient (Wildman–Crippen LogP) is 13.6. The Hall–Kier alpha value is -6.97. The fourth-order valence-corrected chi connectivity index (χ4v) is 7.70. The number of nitrogens with zero attached hydrogens (tertiary/aromatic N) is 2. The van der Waals surface area contributed by atoms with E-state index in [9.17, 15) is 0 Å². The van der Waals surface area contributed by atoms with E-state index in [4.69, 9.17) is 9.40 Å². The van der Waals surface area contributed by atoms with E-state index >= 15 is 0 Å². The monoisotopic (exact) mass is 678 g/mol. The van der Waals surface area contributed by atoms with Gasteiger partial charge in [0, 0.05) is 22.0 Å². The molecular weight excluding hydrogens is 645 g/mol. The molecule has 0 amide bonds. The van der Waals surface area contributed by atoms with E-state index in [0.29, 0.717) is 5.89 Å². The molecule has 0 bridgehead atoms. The highest BCUT2D eigenvalue weighted by atomic mass is 16.3. The highest BCUT2D eigenvalue weighted by molar-refractivity contribution is 6.11. The number of hydrogen-bond donors (Lipinski definition) is 0. The van der Waals surface area contributed by atoms with Crippen LogP contribution in [0.4, 0.5) is 0 Å². The summed E-state index contributed by atoms with van der Waals surface area (Å²) in [7, 11) is 0. The van der Waals surface area contributed by atoms with Gasteiger partial charge in [-0.3, -0.25) is 0 Å². The molecule has 2 aromatic heterocycles. The summed E-state index contributed by atoms with van der Waals surface area (Å²) in [5.74, 6) is 0.621. The Balaban J connectivity index is 1.01. The van der Waals surface area contributed by atoms with Gasteiger partial charge in [0.1, 0.15) is 5.52 Å². The molecule has 0 saturated heterocycles. The van der Waals surface area contributed by atoms with Crippen molar-refractivity contribution in [2.24, 2.45) is 0 Å². The Bertz CT molecular complexity index is 2930. The van der Waals surface area contributed by atoms with Crippen molar-refractivity contribution in [1.82, 2.24) is 9.55 Å². The molecule has 0 fully saturated rings. The summed E-state index contributed by atoms with van der Waals surface area (Å²) in [6, 6.07) is 67.0. The van der Waals surface area contributed by atoms with Crippen LogP contribution >= 0.6 is 0 Å². The molecule has 0 aliphatic carbocycles. The van der Waals surface area contributed by atoms with Gasteiger partial charge in [-0.15, -0.1) is 0 Å². The maximum Gasteiger partial charge on any atom is 0.227 e. The first-order chi connectivity index (χ1) is 26.2. The zero-order chi connectivity index (χ0) is 35.3. The lowest BCUT2D eigenvalue weighted by Gasteiger charge is -2.15. The third-order valence-electron chi connectivity index (χ3n) is 10.4. The van der Waals surface area contributed by atoms with E-state index in [1.807, 2.05) is 6.07 Å². The van der Waals surface area contributed by atoms with Gasteiger partial charge in [0.2, 0.25) is 5.89 Å². The van der Waals surface area contributed by atoms with Gasteiger partial charge < -0.3 is 8.98 Å². The second-order valence-electron chi connectivity index (χ2n) is 13.7. The van der Waals surface area contributed by atoms with Gasteiger partial charge in [0.15, 0.2) is 5.58 Å². The molecule has 0 spiro atoms. The standard InChI is InChI=1S/C50H34N2O/c1-33-19-21-34(22-20-33)37-27-29-46-49(32-37)53-50(51-46)36-25-23-35(24-26-36)40-13-5-7-15-42(40)43-16-8-6-14-41(43)38-28-30-48-45(31-38)44-17-9-10-18-47(44)52(48)39-11-3-2-4-12-39/h2-32H,1H3. The Morgan fingerprint density at radius 3 is 1.74 bits per heavy atom. The third kappa shape index (κ3) is 5.42. The van der Waals surface area contributed by atoms with Crippen molar-refractivity contribution in [2.45, 2.75) is 6.92 Å². The molecule has 53 heavy (non-hydrogen) atoms. The first kappa shape index (κ1) is 30.8. The lowest BCUT2D eigenvalue weighted by Crippen LogP contribution is -1.93. The quantitative estimate of drug-likeness (QED) is 0.175. The van der Waals surface area contributed by atoms with Crippen molar-refractivity contribution < 1.29 is 4.42 Å². The Labute approximate surface area is 308 Å². The number of aryl methyl sites for hydroxylation is 1. The minimum Gasteiger partial charge on any atom is -0.436 e. The third-order valence-corrected chi connectivity index (χ3v) is 10.4. The summed E-state index contributed by atoms with van der Waals surface area (Å²) < 4.78 is 8.68. The van der Waals surface area contributed by atoms with E-state index in [2.05, 4.69) is 193 Å². The minimum atomic E-state index is 0.621. The van der Waals surface area contributed by atoms with E-state index in [0.717, 1.165) is 39.0 Å². The van der Waals surface area contributed by atoms with Crippen LogP contribution in [0.15, 0.2) is 192 Å². The molecule has 3 nitrogen and oxygen atoms in total. The molecule has 10 aromatic rings. The summed E-state index contributed by atoms with van der Waals surface area (Å²) in [5.41, 5.74) is 16.8. The molecule has 0 radical (unpaired) electrons. The van der Waals surface area contributed by atoms with Crippen molar-refractivity contribution in [3.63, 3.8) is 0 Å². The van der Waals surface area contributed by atoms with Crippen LogP contribution < -0.4 is 0 Å². The van der Waals surface area contributed by atoms with Crippen LogP contribution in [0.5, 0.6) is 0 Å². The number of hydrogen-bond acceptors (Lipinski definition) is 2. The minimum absolute atomic E-state index is 0.621. The van der Waals surface area contributed by atoms with Gasteiger partial charge in [-0.2, -0.15) is 0 Å². The second-order valence-corrected chi connectivity index (χ2v) is 13.7. The Morgan fingerprint density at radius 2 is 0.981 bits per heavy atom. The number of para-hydroxylation sites is 2. The summed E-state index contributed by atoms with van der Waals surface area (Å²) in [4.78, 5) is 4.84. The normalized spacial score (nSPS) is 11.5. The predicted molar refractivity (Wildman–Crippen MR) is 220 cm³/mol. The maximum absolute atomic E-state index is 6.31. The molecule has 10 rings (SSSR count). The molecule has 0 aliphatic rings. The number of oxazole rings is 1. The van der Waals surface area contributed by atoms with Crippen LogP contribution in [-0.2, 0) is 0 Å². The molecule has 0 aliphatic heterocycles. The van der Waals surface area contributed by atoms with Gasteiger partial charge >= 0.3 is 0 Å². The number of fused-ring (bicyclic) bond motifs is 4. The van der Waals surface area contributed by atoms with Crippen LogP contribution in [0.25, 0.3) is 94.6 Å². The number of aromatic nitrogens is 2. The molecule has 3 heteroatoms. The van der Waals surface area contributed by atoms with Crippen molar-refractivity contribution >= 4 is 32.9 Å². The SMILES string of the molecule is Cc1ccc(-c2ccc3nc(-c4ccc(-c5ccccc5-c5ccccc5-c5ccc6c(c5)c5ccccc5n6-c5ccccc5)cc4)oc3c2)cc1. The summed E-state index contributed by atoms with van der Waals surface area (Å²) in [6.45, 7) is 2.10. The molecule has 0 atom stereocenters. The molecule has 8 aromatic carbocycles. The van der Waals surface area contributed by atoms with Gasteiger partial charge in [0.05, 0.1) is 11.0 Å². The fraction of sp³-hybridized carbons (Fsp3) is 0.0200. The van der Waals surface area contributed by atoms with Crippen molar-refractivity contribution in [3.8, 4) is 61.6 Å². The van der Waals surface area contributed by atoms with Crippen LogP contribution in [0.2, 0.25) is 0 Å². The summed E-state index contributed by atoms with van der Waals surface area (Å²) in [5, 5.41) is 2.49. The topological polar surface area (TPSA) is 31.0 Å². The highest BCUT2D eigenvalue weighted by Gasteiger charge is 2.17. The largest absolute Gasteiger partial charge is 0.436 e. The van der Waals surface area contributed by atoms with Crippen molar-refractivity contribution in [3.05, 3.63) is 194 Å². The van der Waals surface area contributed by atoms with E-state index in [1.54, 1.807) is 0 Å². The van der Waals surface area contributed by atoms with Crippen molar-refractivity contribution in [1.29, 1.82) is 0 Å². The Kier molecular flexibility index (Phi) is 7.36. The van der Waals surface area contributed by atoms with Gasteiger partial charge in [0.25, 0.3) is 0 Å². The zero-order valence-corrected chi connectivity index (χ0v) is 29.2. The molecule has 2 heterocycles.